The molecule has 0 fully saturated rings. The van der Waals surface area contributed by atoms with Crippen molar-refractivity contribution in [3.8, 4) is 21.7 Å². The summed E-state index contributed by atoms with van der Waals surface area (Å²) in [5.74, 6) is 0. The van der Waals surface area contributed by atoms with Gasteiger partial charge in [0.05, 0.1) is 10.2 Å². The fourth-order valence-corrected chi connectivity index (χ4v) is 5.86. The Hall–Kier alpha value is -4.47. The zero-order valence-electron chi connectivity index (χ0n) is 19.5. The molecule has 1 N–H and O–H groups in total. The first kappa shape index (κ1) is 20.9. The summed E-state index contributed by atoms with van der Waals surface area (Å²) < 4.78 is 1.22. The van der Waals surface area contributed by atoms with Crippen molar-refractivity contribution >= 4 is 54.5 Å². The van der Waals surface area contributed by atoms with Gasteiger partial charge in [0, 0.05) is 16.9 Å². The lowest BCUT2D eigenvalue weighted by Crippen LogP contribution is -1.90. The number of hydrogen-bond acceptors (Lipinski definition) is 3. The molecule has 2 nitrogen and oxygen atoms in total. The Morgan fingerprint density at radius 2 is 1.14 bits per heavy atom. The Balaban J connectivity index is 1.16. The maximum absolute atomic E-state index is 4.77. The van der Waals surface area contributed by atoms with Crippen molar-refractivity contribution in [2.45, 2.75) is 0 Å². The lowest BCUT2D eigenvalue weighted by molar-refractivity contribution is 1.47. The lowest BCUT2D eigenvalue weighted by Gasteiger charge is -2.12. The molecule has 1 heterocycles. The smallest absolute Gasteiger partial charge is 0.124 e. The number of rotatable bonds is 4. The summed E-state index contributed by atoms with van der Waals surface area (Å²) in [6.45, 7) is 0. The fourth-order valence-electron chi connectivity index (χ4n) is 4.88. The molecule has 0 atom stereocenters. The van der Waals surface area contributed by atoms with Crippen LogP contribution in [0.15, 0.2) is 127 Å². The lowest BCUT2D eigenvalue weighted by atomic mass is 9.93. The summed E-state index contributed by atoms with van der Waals surface area (Å²) in [6, 6.07) is 45.1. The molecule has 170 valence electrons. The predicted molar refractivity (Wildman–Crippen MR) is 155 cm³/mol. The minimum absolute atomic E-state index is 1.05. The average molecular weight is 479 g/mol. The molecule has 0 amide bonds. The molecule has 6 aromatic carbocycles. The molecule has 0 unspecified atom stereocenters. The second kappa shape index (κ2) is 8.63. The highest BCUT2D eigenvalue weighted by atomic mass is 32.1. The number of nitrogens with zero attached hydrogens (tertiary/aromatic N) is 1. The van der Waals surface area contributed by atoms with Gasteiger partial charge in [-0.2, -0.15) is 0 Å². The van der Waals surface area contributed by atoms with Gasteiger partial charge in [0.25, 0.3) is 0 Å². The largest absolute Gasteiger partial charge is 0.356 e. The number of nitrogens with one attached hydrogen (secondary N) is 1. The number of fused-ring (bicyclic) bond motifs is 4. The van der Waals surface area contributed by atoms with E-state index in [2.05, 4.69) is 127 Å². The maximum atomic E-state index is 4.77. The highest BCUT2D eigenvalue weighted by molar-refractivity contribution is 7.21. The van der Waals surface area contributed by atoms with Crippen molar-refractivity contribution in [3.63, 3.8) is 0 Å². The second-order valence-corrected chi connectivity index (χ2v) is 9.99. The van der Waals surface area contributed by atoms with Gasteiger partial charge in [-0.25, -0.2) is 4.98 Å². The minimum atomic E-state index is 1.05. The summed E-state index contributed by atoms with van der Waals surface area (Å²) in [6.07, 6.45) is 0. The monoisotopic (exact) mass is 478 g/mol. The van der Waals surface area contributed by atoms with Gasteiger partial charge in [0.15, 0.2) is 0 Å². The Morgan fingerprint density at radius 1 is 0.528 bits per heavy atom. The Labute approximate surface area is 213 Å². The Bertz CT molecular complexity index is 1820. The molecule has 0 aliphatic heterocycles. The van der Waals surface area contributed by atoms with E-state index in [4.69, 9.17) is 4.98 Å². The summed E-state index contributed by atoms with van der Waals surface area (Å²) in [5.41, 5.74) is 6.80. The zero-order chi connectivity index (χ0) is 23.9. The predicted octanol–water partition coefficient (Wildman–Crippen LogP) is 9.68. The van der Waals surface area contributed by atoms with E-state index in [1.54, 1.807) is 11.3 Å². The highest BCUT2D eigenvalue weighted by Gasteiger charge is 2.09. The van der Waals surface area contributed by atoms with Crippen LogP contribution in [0.2, 0.25) is 0 Å². The molecule has 1 aromatic heterocycles. The zero-order valence-corrected chi connectivity index (χ0v) is 20.3. The van der Waals surface area contributed by atoms with E-state index in [9.17, 15) is 0 Å². The van der Waals surface area contributed by atoms with E-state index in [-0.39, 0.29) is 0 Å². The highest BCUT2D eigenvalue weighted by Crippen LogP contribution is 2.36. The van der Waals surface area contributed by atoms with Crippen molar-refractivity contribution in [2.24, 2.45) is 0 Å². The van der Waals surface area contributed by atoms with Crippen LogP contribution in [0.3, 0.4) is 0 Å². The molecule has 0 aliphatic carbocycles. The molecule has 0 saturated carbocycles. The molecule has 0 aliphatic rings. The molecule has 7 rings (SSSR count). The van der Waals surface area contributed by atoms with Gasteiger partial charge in [-0.05, 0) is 87.3 Å². The molecule has 0 radical (unpaired) electrons. The van der Waals surface area contributed by atoms with E-state index in [1.165, 1.54) is 37.4 Å². The number of para-hydroxylation sites is 1. The third-order valence-corrected chi connectivity index (χ3v) is 7.76. The van der Waals surface area contributed by atoms with Crippen LogP contribution in [0.25, 0.3) is 53.5 Å². The van der Waals surface area contributed by atoms with Crippen molar-refractivity contribution in [3.05, 3.63) is 127 Å². The summed E-state index contributed by atoms with van der Waals surface area (Å²) in [5, 5.41) is 9.72. The van der Waals surface area contributed by atoms with Gasteiger partial charge in [-0.3, -0.25) is 0 Å². The second-order valence-electron chi connectivity index (χ2n) is 8.96. The van der Waals surface area contributed by atoms with E-state index >= 15 is 0 Å². The minimum Gasteiger partial charge on any atom is -0.356 e. The van der Waals surface area contributed by atoms with Crippen molar-refractivity contribution < 1.29 is 0 Å². The summed E-state index contributed by atoms with van der Waals surface area (Å²) in [7, 11) is 0. The SMILES string of the molecule is c1ccc2c(c1)cc(-c1ccc(Nc3ccc(-c4nc5ccccc5s4)cc3)cc1)c1ccccc12. The summed E-state index contributed by atoms with van der Waals surface area (Å²) >= 11 is 1.73. The van der Waals surface area contributed by atoms with Crippen molar-refractivity contribution in [1.82, 2.24) is 4.98 Å². The third-order valence-electron chi connectivity index (χ3n) is 6.68. The quantitative estimate of drug-likeness (QED) is 0.255. The van der Waals surface area contributed by atoms with Crippen LogP contribution < -0.4 is 5.32 Å². The van der Waals surface area contributed by atoms with E-state index < -0.39 is 0 Å². The molecule has 36 heavy (non-hydrogen) atoms. The van der Waals surface area contributed by atoms with Gasteiger partial charge in [0.1, 0.15) is 5.01 Å². The number of thiazole rings is 1. The van der Waals surface area contributed by atoms with Gasteiger partial charge in [-0.1, -0.05) is 72.8 Å². The molecular formula is C33H22N2S. The Kier molecular flexibility index (Phi) is 5.00. The van der Waals surface area contributed by atoms with Crippen LogP contribution in [0.4, 0.5) is 11.4 Å². The van der Waals surface area contributed by atoms with E-state index in [1.807, 2.05) is 6.07 Å². The summed E-state index contributed by atoms with van der Waals surface area (Å²) in [4.78, 5) is 4.77. The normalized spacial score (nSPS) is 11.3. The molecule has 3 heteroatoms. The molecule has 0 spiro atoms. The van der Waals surface area contributed by atoms with Crippen LogP contribution in [-0.4, -0.2) is 4.98 Å². The first-order valence-electron chi connectivity index (χ1n) is 12.1. The fraction of sp³-hybridized carbons (Fsp3) is 0. The van der Waals surface area contributed by atoms with Crippen LogP contribution in [-0.2, 0) is 0 Å². The van der Waals surface area contributed by atoms with Crippen molar-refractivity contribution in [2.75, 3.05) is 5.32 Å². The van der Waals surface area contributed by atoms with Crippen LogP contribution in [0.1, 0.15) is 0 Å². The van der Waals surface area contributed by atoms with Gasteiger partial charge >= 0.3 is 0 Å². The number of aromatic nitrogens is 1. The molecular weight excluding hydrogens is 456 g/mol. The third kappa shape index (κ3) is 3.71. The Morgan fingerprint density at radius 3 is 1.89 bits per heavy atom. The molecule has 7 aromatic rings. The van der Waals surface area contributed by atoms with Gasteiger partial charge in [0.2, 0.25) is 0 Å². The molecule has 0 bridgehead atoms. The topological polar surface area (TPSA) is 24.9 Å². The van der Waals surface area contributed by atoms with Crippen LogP contribution in [0.5, 0.6) is 0 Å². The first-order chi connectivity index (χ1) is 17.8. The molecule has 0 saturated heterocycles. The van der Waals surface area contributed by atoms with Gasteiger partial charge in [-0.15, -0.1) is 11.3 Å². The number of hydrogen-bond donors (Lipinski definition) is 1. The van der Waals surface area contributed by atoms with E-state index in [0.717, 1.165) is 27.5 Å². The van der Waals surface area contributed by atoms with Crippen LogP contribution in [0, 0.1) is 0 Å². The average Bonchev–Trinajstić information content (AvgIpc) is 3.38. The standard InChI is InChI=1S/C33H22N2S/c1-2-8-27-24(7-1)21-30(29-10-4-3-9-28(27)29)22-13-17-25(18-14-22)34-26-19-15-23(16-20-26)33-35-31-11-5-6-12-32(31)36-33/h1-21,34H. The van der Waals surface area contributed by atoms with E-state index in [0.29, 0.717) is 0 Å². The maximum Gasteiger partial charge on any atom is 0.124 e. The number of benzene rings is 6. The van der Waals surface area contributed by atoms with Crippen molar-refractivity contribution in [1.29, 1.82) is 0 Å². The first-order valence-corrected chi connectivity index (χ1v) is 12.9. The number of anilines is 2. The van der Waals surface area contributed by atoms with Gasteiger partial charge < -0.3 is 5.32 Å². The van der Waals surface area contributed by atoms with Crippen LogP contribution >= 0.6 is 11.3 Å².